The van der Waals surface area contributed by atoms with E-state index in [0.717, 1.165) is 0 Å². The van der Waals surface area contributed by atoms with Crippen LogP contribution in [0.2, 0.25) is 0 Å². The Morgan fingerprint density at radius 3 is 2.25 bits per heavy atom. The molecule has 0 bridgehead atoms. The highest BCUT2D eigenvalue weighted by Crippen LogP contribution is 2.17. The second kappa shape index (κ2) is 9.15. The van der Waals surface area contributed by atoms with E-state index in [0.29, 0.717) is 19.4 Å². The third-order valence-electron chi connectivity index (χ3n) is 3.66. The van der Waals surface area contributed by atoms with Crippen molar-refractivity contribution in [1.82, 2.24) is 15.5 Å². The van der Waals surface area contributed by atoms with Crippen molar-refractivity contribution in [2.45, 2.75) is 31.0 Å². The van der Waals surface area contributed by atoms with Crippen LogP contribution in [0.25, 0.3) is 0 Å². The van der Waals surface area contributed by atoms with Gasteiger partial charge in [-0.25, -0.2) is 4.79 Å². The lowest BCUT2D eigenvalue weighted by atomic mass is 10.1. The predicted octanol–water partition coefficient (Wildman–Crippen LogP) is -4.03. The van der Waals surface area contributed by atoms with Gasteiger partial charge in [0, 0.05) is 6.54 Å². The summed E-state index contributed by atoms with van der Waals surface area (Å²) in [6, 6.07) is -3.75. The van der Waals surface area contributed by atoms with Crippen molar-refractivity contribution in [1.29, 1.82) is 0 Å². The van der Waals surface area contributed by atoms with Gasteiger partial charge in [0.1, 0.15) is 18.1 Å². The third kappa shape index (κ3) is 4.88. The maximum Gasteiger partial charge on any atom is 0.328 e. The minimum atomic E-state index is -1.55. The minimum Gasteiger partial charge on any atom is -0.480 e. The Labute approximate surface area is 137 Å². The van der Waals surface area contributed by atoms with Gasteiger partial charge in [-0.2, -0.15) is 0 Å². The first-order chi connectivity index (χ1) is 11.3. The van der Waals surface area contributed by atoms with Crippen molar-refractivity contribution >= 4 is 23.7 Å². The van der Waals surface area contributed by atoms with Gasteiger partial charge in [-0.3, -0.25) is 14.4 Å². The number of likely N-dealkylation sites (tertiary alicyclic amines) is 1. The number of aliphatic hydroxyl groups excluding tert-OH is 2. The topological polar surface area (TPSA) is 182 Å². The molecule has 1 aliphatic rings. The summed E-state index contributed by atoms with van der Waals surface area (Å²) in [5.74, 6) is -3.45. The fourth-order valence-electron chi connectivity index (χ4n) is 2.37. The molecule has 1 saturated heterocycles. The Bertz CT molecular complexity index is 499. The monoisotopic (exact) mass is 346 g/mol. The lowest BCUT2D eigenvalue weighted by molar-refractivity contribution is -0.144. The molecular formula is C13H22N4O7. The Morgan fingerprint density at radius 1 is 1.12 bits per heavy atom. The Balaban J connectivity index is 2.70. The molecule has 0 aliphatic carbocycles. The number of carbonyl (C=O) groups is 4. The number of nitrogens with two attached hydrogens (primary N) is 1. The molecule has 1 rings (SSSR count). The second-order valence-electron chi connectivity index (χ2n) is 5.28. The normalized spacial score (nSPS) is 19.5. The van der Waals surface area contributed by atoms with E-state index >= 15 is 0 Å². The number of amides is 3. The molecule has 11 heteroatoms. The average molecular weight is 346 g/mol. The number of nitrogens with one attached hydrogen (secondary N) is 2. The maximum absolute atomic E-state index is 12.2. The van der Waals surface area contributed by atoms with Crippen molar-refractivity contribution in [3.8, 4) is 0 Å². The predicted molar refractivity (Wildman–Crippen MR) is 79.5 cm³/mol. The summed E-state index contributed by atoms with van der Waals surface area (Å²) in [6.45, 7) is -1.48. The number of hydrogen-bond acceptors (Lipinski definition) is 7. The first kappa shape index (κ1) is 19.8. The van der Waals surface area contributed by atoms with E-state index < -0.39 is 55.0 Å². The largest absolute Gasteiger partial charge is 0.480 e. The molecule has 0 spiro atoms. The van der Waals surface area contributed by atoms with Crippen LogP contribution in [0.1, 0.15) is 12.8 Å². The highest BCUT2D eigenvalue weighted by atomic mass is 16.4. The average Bonchev–Trinajstić information content (AvgIpc) is 3.05. The van der Waals surface area contributed by atoms with Gasteiger partial charge < -0.3 is 36.6 Å². The van der Waals surface area contributed by atoms with Crippen LogP contribution in [0.5, 0.6) is 0 Å². The van der Waals surface area contributed by atoms with Crippen LogP contribution in [0.15, 0.2) is 0 Å². The van der Waals surface area contributed by atoms with Gasteiger partial charge in [0.2, 0.25) is 17.7 Å². The number of aliphatic hydroxyl groups is 2. The van der Waals surface area contributed by atoms with E-state index in [9.17, 15) is 24.3 Å². The Morgan fingerprint density at radius 2 is 1.75 bits per heavy atom. The number of hydrogen-bond donors (Lipinski definition) is 6. The molecule has 1 fully saturated rings. The zero-order chi connectivity index (χ0) is 18.3. The zero-order valence-corrected chi connectivity index (χ0v) is 13.0. The van der Waals surface area contributed by atoms with Gasteiger partial charge in [0.25, 0.3) is 0 Å². The van der Waals surface area contributed by atoms with Gasteiger partial charge in [-0.1, -0.05) is 0 Å². The van der Waals surface area contributed by atoms with E-state index in [1.807, 2.05) is 5.32 Å². The summed E-state index contributed by atoms with van der Waals surface area (Å²) >= 11 is 0. The smallest absolute Gasteiger partial charge is 0.328 e. The van der Waals surface area contributed by atoms with E-state index in [2.05, 4.69) is 5.32 Å². The molecule has 0 aromatic rings. The molecule has 7 N–H and O–H groups in total. The third-order valence-corrected chi connectivity index (χ3v) is 3.66. The molecule has 3 atom stereocenters. The Hall–Kier alpha value is -2.24. The lowest BCUT2D eigenvalue weighted by Crippen LogP contribution is -2.57. The lowest BCUT2D eigenvalue weighted by Gasteiger charge is -2.25. The fraction of sp³-hybridized carbons (Fsp3) is 0.692. The summed E-state index contributed by atoms with van der Waals surface area (Å²) in [6.07, 6.45) is 0.997. The highest BCUT2D eigenvalue weighted by molar-refractivity contribution is 5.93. The molecule has 24 heavy (non-hydrogen) atoms. The molecule has 136 valence electrons. The molecule has 1 aliphatic heterocycles. The highest BCUT2D eigenvalue weighted by Gasteiger charge is 2.35. The summed E-state index contributed by atoms with van der Waals surface area (Å²) in [5.41, 5.74) is 5.28. The van der Waals surface area contributed by atoms with Gasteiger partial charge >= 0.3 is 5.97 Å². The minimum absolute atomic E-state index is 0.246. The molecule has 0 aromatic carbocycles. The van der Waals surface area contributed by atoms with E-state index in [1.54, 1.807) is 0 Å². The summed E-state index contributed by atoms with van der Waals surface area (Å²) in [5, 5.41) is 31.2. The molecule has 1 heterocycles. The van der Waals surface area contributed by atoms with Crippen LogP contribution < -0.4 is 16.4 Å². The SMILES string of the molecule is NCC(=O)N1CCCC1C(=O)NC(CO)C(=O)NC(CO)C(=O)O. The van der Waals surface area contributed by atoms with E-state index in [1.165, 1.54) is 4.90 Å². The van der Waals surface area contributed by atoms with Crippen molar-refractivity contribution in [3.63, 3.8) is 0 Å². The molecule has 0 saturated carbocycles. The first-order valence-corrected chi connectivity index (χ1v) is 7.40. The number of carbonyl (C=O) groups excluding carboxylic acids is 3. The van der Waals surface area contributed by atoms with E-state index in [-0.39, 0.29) is 6.54 Å². The number of carboxylic acids is 1. The zero-order valence-electron chi connectivity index (χ0n) is 13.0. The van der Waals surface area contributed by atoms with Crippen LogP contribution in [0.4, 0.5) is 0 Å². The molecule has 11 nitrogen and oxygen atoms in total. The molecule has 3 amide bonds. The van der Waals surface area contributed by atoms with Gasteiger partial charge in [-0.15, -0.1) is 0 Å². The van der Waals surface area contributed by atoms with Crippen LogP contribution in [-0.2, 0) is 19.2 Å². The Kier molecular flexibility index (Phi) is 7.55. The fourth-order valence-corrected chi connectivity index (χ4v) is 2.37. The quantitative estimate of drug-likeness (QED) is 0.257. The molecule has 0 aromatic heterocycles. The van der Waals surface area contributed by atoms with Crippen LogP contribution in [-0.4, -0.2) is 88.3 Å². The van der Waals surface area contributed by atoms with Crippen LogP contribution in [0.3, 0.4) is 0 Å². The summed E-state index contributed by atoms with van der Waals surface area (Å²) in [4.78, 5) is 47.9. The molecule has 0 radical (unpaired) electrons. The van der Waals surface area contributed by atoms with Crippen LogP contribution >= 0.6 is 0 Å². The number of carboxylic acid groups (broad SMARTS) is 1. The van der Waals surface area contributed by atoms with Gasteiger partial charge in [-0.05, 0) is 12.8 Å². The number of rotatable bonds is 8. The van der Waals surface area contributed by atoms with E-state index in [4.69, 9.17) is 15.9 Å². The van der Waals surface area contributed by atoms with Crippen LogP contribution in [0, 0.1) is 0 Å². The van der Waals surface area contributed by atoms with Gasteiger partial charge in [0.05, 0.1) is 19.8 Å². The van der Waals surface area contributed by atoms with Crippen molar-refractivity contribution in [2.75, 3.05) is 26.3 Å². The standard InChI is InChI=1S/C13H22N4O7/c14-4-10(20)17-3-1-2-9(17)12(22)15-7(5-18)11(21)16-8(6-19)13(23)24/h7-9,18-19H,1-6,14H2,(H,15,22)(H,16,21)(H,23,24). The number of aliphatic carboxylic acids is 1. The second-order valence-corrected chi connectivity index (χ2v) is 5.28. The molecular weight excluding hydrogens is 324 g/mol. The first-order valence-electron chi connectivity index (χ1n) is 7.40. The summed E-state index contributed by atoms with van der Waals surface area (Å²) in [7, 11) is 0. The van der Waals surface area contributed by atoms with Crippen molar-refractivity contribution in [3.05, 3.63) is 0 Å². The molecule has 3 unspecified atom stereocenters. The van der Waals surface area contributed by atoms with Crippen molar-refractivity contribution < 1.29 is 34.5 Å². The van der Waals surface area contributed by atoms with Crippen molar-refractivity contribution in [2.24, 2.45) is 5.73 Å². The summed E-state index contributed by atoms with van der Waals surface area (Å²) < 4.78 is 0. The number of nitrogens with zero attached hydrogens (tertiary/aromatic N) is 1. The maximum atomic E-state index is 12.2. The van der Waals surface area contributed by atoms with Gasteiger partial charge in [0.15, 0.2) is 0 Å².